The average Bonchev–Trinajstić information content (AvgIpc) is 3.01. The number of carbonyl (C=O) groups excluding carboxylic acids is 1. The molecule has 2 aromatic carbocycles. The maximum atomic E-state index is 12.2. The van der Waals surface area contributed by atoms with E-state index in [1.807, 2.05) is 25.3 Å². The first kappa shape index (κ1) is 16.8. The Morgan fingerprint density at radius 3 is 2.64 bits per heavy atom. The molecule has 25 heavy (non-hydrogen) atoms. The monoisotopic (exact) mass is 335 g/mol. The minimum Gasteiger partial charge on any atom is -0.494 e. The van der Waals surface area contributed by atoms with E-state index in [9.17, 15) is 4.79 Å². The molecule has 1 heterocycles. The van der Waals surface area contributed by atoms with Crippen LogP contribution in [0.1, 0.15) is 29.8 Å². The van der Waals surface area contributed by atoms with Crippen molar-refractivity contribution in [2.45, 2.75) is 20.4 Å². The second-order valence-corrected chi connectivity index (χ2v) is 5.54. The first-order valence-corrected chi connectivity index (χ1v) is 8.37. The summed E-state index contributed by atoms with van der Waals surface area (Å²) in [5, 5.41) is 5.22. The van der Waals surface area contributed by atoms with Crippen LogP contribution in [-0.2, 0) is 6.54 Å². The van der Waals surface area contributed by atoms with Gasteiger partial charge in [0.25, 0.3) is 5.91 Å². The lowest BCUT2D eigenvalue weighted by Crippen LogP contribution is -2.17. The lowest BCUT2D eigenvalue weighted by molar-refractivity contribution is 0.0955. The second-order valence-electron chi connectivity index (χ2n) is 5.54. The number of aryl methyl sites for hydroxylation is 1. The molecular weight excluding hydrogens is 314 g/mol. The van der Waals surface area contributed by atoms with Gasteiger partial charge in [0.15, 0.2) is 0 Å². The molecule has 5 heteroatoms. The number of hydrazone groups is 1. The highest BCUT2D eigenvalue weighted by molar-refractivity contribution is 6.00. The van der Waals surface area contributed by atoms with Crippen molar-refractivity contribution in [2.75, 3.05) is 6.61 Å². The molecule has 0 aliphatic rings. The molecule has 0 unspecified atom stereocenters. The largest absolute Gasteiger partial charge is 0.494 e. The van der Waals surface area contributed by atoms with Gasteiger partial charge >= 0.3 is 0 Å². The van der Waals surface area contributed by atoms with E-state index >= 15 is 0 Å². The molecule has 0 fully saturated rings. The van der Waals surface area contributed by atoms with Crippen molar-refractivity contribution in [1.29, 1.82) is 0 Å². The molecular formula is C20H21N3O2. The Morgan fingerprint density at radius 1 is 1.16 bits per heavy atom. The van der Waals surface area contributed by atoms with Gasteiger partial charge in [0.05, 0.1) is 12.8 Å². The first-order valence-electron chi connectivity index (χ1n) is 8.37. The summed E-state index contributed by atoms with van der Waals surface area (Å²) in [4.78, 5) is 12.2. The van der Waals surface area contributed by atoms with Gasteiger partial charge in [0, 0.05) is 34.8 Å². The fourth-order valence-corrected chi connectivity index (χ4v) is 2.73. The lowest BCUT2D eigenvalue weighted by Gasteiger charge is -2.03. The van der Waals surface area contributed by atoms with E-state index in [1.54, 1.807) is 30.5 Å². The van der Waals surface area contributed by atoms with Crippen molar-refractivity contribution >= 4 is 23.0 Å². The molecule has 0 atom stereocenters. The fourth-order valence-electron chi connectivity index (χ4n) is 2.73. The van der Waals surface area contributed by atoms with E-state index in [-0.39, 0.29) is 5.91 Å². The zero-order valence-electron chi connectivity index (χ0n) is 14.4. The molecule has 0 aliphatic carbocycles. The van der Waals surface area contributed by atoms with Crippen LogP contribution in [0.15, 0.2) is 59.8 Å². The number of carbonyl (C=O) groups is 1. The molecule has 1 aromatic heterocycles. The van der Waals surface area contributed by atoms with Gasteiger partial charge in [0.1, 0.15) is 5.75 Å². The van der Waals surface area contributed by atoms with Crippen molar-refractivity contribution in [3.63, 3.8) is 0 Å². The van der Waals surface area contributed by atoms with Gasteiger partial charge in [0.2, 0.25) is 0 Å². The molecule has 0 spiro atoms. The quantitative estimate of drug-likeness (QED) is 0.550. The number of nitrogens with zero attached hydrogens (tertiary/aromatic N) is 2. The molecule has 1 N–H and O–H groups in total. The minimum atomic E-state index is -0.251. The summed E-state index contributed by atoms with van der Waals surface area (Å²) in [5.41, 5.74) is 5.24. The van der Waals surface area contributed by atoms with E-state index in [0.29, 0.717) is 12.2 Å². The standard InChI is InChI=1S/C20H21N3O2/c1-3-23-14-16(18-7-5-6-8-19(18)23)13-21-22-20(24)15-9-11-17(12-10-15)25-4-2/h5-14H,3-4H2,1-2H3,(H,22,24)/b21-13+. The Balaban J connectivity index is 1.71. The highest BCUT2D eigenvalue weighted by Gasteiger charge is 2.06. The molecule has 3 rings (SSSR count). The molecule has 0 saturated carbocycles. The summed E-state index contributed by atoms with van der Waals surface area (Å²) >= 11 is 0. The number of rotatable bonds is 6. The minimum absolute atomic E-state index is 0.251. The highest BCUT2D eigenvalue weighted by atomic mass is 16.5. The molecule has 0 radical (unpaired) electrons. The number of hydrogen-bond acceptors (Lipinski definition) is 3. The fraction of sp³-hybridized carbons (Fsp3) is 0.200. The van der Waals surface area contributed by atoms with Crippen LogP contribution < -0.4 is 10.2 Å². The Labute approximate surface area is 146 Å². The van der Waals surface area contributed by atoms with Gasteiger partial charge in [-0.25, -0.2) is 5.43 Å². The third kappa shape index (κ3) is 3.71. The number of nitrogens with one attached hydrogen (secondary N) is 1. The van der Waals surface area contributed by atoms with Crippen LogP contribution in [0.4, 0.5) is 0 Å². The summed E-state index contributed by atoms with van der Waals surface area (Å²) in [6.45, 7) is 5.50. The van der Waals surface area contributed by atoms with Crippen LogP contribution in [-0.4, -0.2) is 23.3 Å². The van der Waals surface area contributed by atoms with Gasteiger partial charge in [-0.15, -0.1) is 0 Å². The van der Waals surface area contributed by atoms with Gasteiger partial charge in [-0.05, 0) is 44.2 Å². The van der Waals surface area contributed by atoms with Gasteiger partial charge in [-0.2, -0.15) is 5.10 Å². The SMILES string of the molecule is CCOc1ccc(C(=O)N/N=C/c2cn(CC)c3ccccc23)cc1. The number of ether oxygens (including phenoxy) is 1. The third-order valence-electron chi connectivity index (χ3n) is 3.96. The zero-order valence-corrected chi connectivity index (χ0v) is 14.4. The summed E-state index contributed by atoms with van der Waals surface area (Å²) in [6, 6.07) is 15.1. The van der Waals surface area contributed by atoms with Crippen molar-refractivity contribution in [2.24, 2.45) is 5.10 Å². The summed E-state index contributed by atoms with van der Waals surface area (Å²) in [7, 11) is 0. The van der Waals surface area contributed by atoms with Crippen LogP contribution >= 0.6 is 0 Å². The van der Waals surface area contributed by atoms with Crippen molar-refractivity contribution in [3.8, 4) is 5.75 Å². The second kappa shape index (κ2) is 7.66. The maximum Gasteiger partial charge on any atom is 0.271 e. The molecule has 128 valence electrons. The molecule has 0 bridgehead atoms. The van der Waals surface area contributed by atoms with Crippen LogP contribution in [0.25, 0.3) is 10.9 Å². The zero-order chi connectivity index (χ0) is 17.6. The molecule has 1 amide bonds. The van der Waals surface area contributed by atoms with Crippen LogP contribution in [0.5, 0.6) is 5.75 Å². The molecule has 0 aliphatic heterocycles. The maximum absolute atomic E-state index is 12.2. The Morgan fingerprint density at radius 2 is 1.92 bits per heavy atom. The van der Waals surface area contributed by atoms with Crippen molar-refractivity contribution < 1.29 is 9.53 Å². The first-order chi connectivity index (χ1) is 12.2. The van der Waals surface area contributed by atoms with E-state index < -0.39 is 0 Å². The predicted octanol–water partition coefficient (Wildman–Crippen LogP) is 3.82. The highest BCUT2D eigenvalue weighted by Crippen LogP contribution is 2.19. The van der Waals surface area contributed by atoms with Crippen LogP contribution in [0.2, 0.25) is 0 Å². The number of fused-ring (bicyclic) bond motifs is 1. The molecule has 5 nitrogen and oxygen atoms in total. The Hall–Kier alpha value is -3.08. The lowest BCUT2D eigenvalue weighted by atomic mass is 10.2. The Kier molecular flexibility index (Phi) is 5.14. The number of hydrogen-bond donors (Lipinski definition) is 1. The number of amides is 1. The summed E-state index contributed by atoms with van der Waals surface area (Å²) < 4.78 is 7.53. The number of para-hydroxylation sites is 1. The van der Waals surface area contributed by atoms with Crippen molar-refractivity contribution in [3.05, 3.63) is 65.9 Å². The third-order valence-corrected chi connectivity index (χ3v) is 3.96. The smallest absolute Gasteiger partial charge is 0.271 e. The number of benzene rings is 2. The topological polar surface area (TPSA) is 55.6 Å². The van der Waals surface area contributed by atoms with E-state index in [1.165, 1.54) is 0 Å². The number of aromatic nitrogens is 1. The van der Waals surface area contributed by atoms with Crippen LogP contribution in [0, 0.1) is 0 Å². The van der Waals surface area contributed by atoms with E-state index in [0.717, 1.165) is 28.8 Å². The average molecular weight is 335 g/mol. The Bertz CT molecular complexity index is 895. The van der Waals surface area contributed by atoms with E-state index in [2.05, 4.69) is 34.2 Å². The summed E-state index contributed by atoms with van der Waals surface area (Å²) in [5.74, 6) is 0.494. The van der Waals surface area contributed by atoms with Gasteiger partial charge in [-0.1, -0.05) is 18.2 Å². The summed E-state index contributed by atoms with van der Waals surface area (Å²) in [6.07, 6.45) is 3.72. The van der Waals surface area contributed by atoms with E-state index in [4.69, 9.17) is 4.74 Å². The molecule has 3 aromatic rings. The predicted molar refractivity (Wildman–Crippen MR) is 100 cm³/mol. The van der Waals surface area contributed by atoms with Crippen LogP contribution in [0.3, 0.4) is 0 Å². The van der Waals surface area contributed by atoms with Gasteiger partial charge < -0.3 is 9.30 Å². The molecule has 0 saturated heterocycles. The van der Waals surface area contributed by atoms with Crippen molar-refractivity contribution in [1.82, 2.24) is 9.99 Å². The normalized spacial score (nSPS) is 11.1. The van der Waals surface area contributed by atoms with Gasteiger partial charge in [-0.3, -0.25) is 4.79 Å².